The summed E-state index contributed by atoms with van der Waals surface area (Å²) in [6, 6.07) is 19.6. The Balaban J connectivity index is 1.75. The second kappa shape index (κ2) is 7.65. The molecule has 0 unspecified atom stereocenters. The van der Waals surface area contributed by atoms with E-state index in [0.717, 1.165) is 11.5 Å². The summed E-state index contributed by atoms with van der Waals surface area (Å²) in [6.07, 6.45) is 0. The molecule has 0 aliphatic heterocycles. The molecule has 20 heavy (non-hydrogen) atoms. The maximum absolute atomic E-state index is 8.73. The van der Waals surface area contributed by atoms with Crippen molar-refractivity contribution in [2.24, 2.45) is 0 Å². The van der Waals surface area contributed by atoms with Crippen molar-refractivity contribution in [1.29, 1.82) is 10.5 Å². The van der Waals surface area contributed by atoms with E-state index in [9.17, 15) is 0 Å². The first-order valence-electron chi connectivity index (χ1n) is 6.04. The highest BCUT2D eigenvalue weighted by Crippen LogP contribution is 2.29. The molecule has 0 N–H and O–H groups in total. The third kappa shape index (κ3) is 4.35. The lowest BCUT2D eigenvalue weighted by atomic mass is 10.2. The fraction of sp³-hybridized carbons (Fsp3) is 0.125. The molecule has 2 rings (SSSR count). The van der Waals surface area contributed by atoms with Crippen LogP contribution in [0.5, 0.6) is 0 Å². The van der Waals surface area contributed by atoms with E-state index in [1.54, 1.807) is 21.6 Å². The Kier molecular flexibility index (Phi) is 5.55. The first-order chi connectivity index (χ1) is 9.81. The van der Waals surface area contributed by atoms with Crippen LogP contribution in [0.15, 0.2) is 48.5 Å². The van der Waals surface area contributed by atoms with Crippen molar-refractivity contribution in [3.8, 4) is 12.1 Å². The SMILES string of the molecule is N#Cc1ccc(CSSCc2ccc(C#N)cc2)cc1. The van der Waals surface area contributed by atoms with E-state index < -0.39 is 0 Å². The molecule has 98 valence electrons. The predicted octanol–water partition coefficient (Wildman–Crippen LogP) is 4.51. The average molecular weight is 296 g/mol. The molecule has 2 nitrogen and oxygen atoms in total. The third-order valence-electron chi connectivity index (χ3n) is 2.70. The molecule has 0 radical (unpaired) electrons. The van der Waals surface area contributed by atoms with Crippen molar-refractivity contribution in [1.82, 2.24) is 0 Å². The Morgan fingerprint density at radius 1 is 0.650 bits per heavy atom. The molecular formula is C16H12N2S2. The molecule has 0 spiro atoms. The van der Waals surface area contributed by atoms with Crippen LogP contribution in [0.3, 0.4) is 0 Å². The highest BCUT2D eigenvalue weighted by molar-refractivity contribution is 8.76. The summed E-state index contributed by atoms with van der Waals surface area (Å²) >= 11 is 0. The maximum atomic E-state index is 8.73. The molecule has 2 aromatic carbocycles. The summed E-state index contributed by atoms with van der Waals surface area (Å²) < 4.78 is 0. The average Bonchev–Trinajstić information content (AvgIpc) is 2.53. The maximum Gasteiger partial charge on any atom is 0.0991 e. The molecule has 0 fully saturated rings. The highest BCUT2D eigenvalue weighted by Gasteiger charge is 1.98. The van der Waals surface area contributed by atoms with E-state index >= 15 is 0 Å². The number of rotatable bonds is 5. The van der Waals surface area contributed by atoms with Crippen molar-refractivity contribution in [2.75, 3.05) is 0 Å². The number of hydrogen-bond donors (Lipinski definition) is 0. The smallest absolute Gasteiger partial charge is 0.0991 e. The summed E-state index contributed by atoms with van der Waals surface area (Å²) in [5.74, 6) is 1.85. The van der Waals surface area contributed by atoms with Gasteiger partial charge in [0.2, 0.25) is 0 Å². The van der Waals surface area contributed by atoms with E-state index in [4.69, 9.17) is 10.5 Å². The van der Waals surface area contributed by atoms with E-state index in [2.05, 4.69) is 12.1 Å². The van der Waals surface area contributed by atoms with E-state index in [1.807, 2.05) is 48.5 Å². The van der Waals surface area contributed by atoms with Gasteiger partial charge in [-0.2, -0.15) is 10.5 Å². The minimum absolute atomic E-state index is 0.698. The molecule has 4 heteroatoms. The lowest BCUT2D eigenvalue weighted by molar-refractivity contribution is 1.39. The van der Waals surface area contributed by atoms with Crippen LogP contribution in [0.2, 0.25) is 0 Å². The zero-order valence-electron chi connectivity index (χ0n) is 10.7. The molecule has 2 aromatic rings. The fourth-order valence-electron chi connectivity index (χ4n) is 1.57. The Hall–Kier alpha value is -1.88. The zero-order chi connectivity index (χ0) is 14.2. The van der Waals surface area contributed by atoms with Gasteiger partial charge >= 0.3 is 0 Å². The second-order valence-corrected chi connectivity index (χ2v) is 6.60. The quantitative estimate of drug-likeness (QED) is 0.601. The van der Waals surface area contributed by atoms with Crippen LogP contribution in [-0.2, 0) is 11.5 Å². The fourth-order valence-corrected chi connectivity index (χ4v) is 3.71. The van der Waals surface area contributed by atoms with Crippen LogP contribution in [0.25, 0.3) is 0 Å². The molecule has 0 saturated heterocycles. The van der Waals surface area contributed by atoms with Gasteiger partial charge in [-0.15, -0.1) is 0 Å². The first-order valence-corrected chi connectivity index (χ1v) is 8.53. The van der Waals surface area contributed by atoms with Crippen molar-refractivity contribution in [3.63, 3.8) is 0 Å². The Morgan fingerprint density at radius 3 is 1.30 bits per heavy atom. The lowest BCUT2D eigenvalue weighted by Crippen LogP contribution is -1.82. The lowest BCUT2D eigenvalue weighted by Gasteiger charge is -2.02. The molecule has 0 heterocycles. The van der Waals surface area contributed by atoms with Crippen molar-refractivity contribution >= 4 is 21.6 Å². The second-order valence-electron chi connectivity index (χ2n) is 4.14. The molecular weight excluding hydrogens is 284 g/mol. The van der Waals surface area contributed by atoms with Gasteiger partial charge in [-0.1, -0.05) is 45.9 Å². The number of nitriles is 2. The van der Waals surface area contributed by atoms with E-state index in [-0.39, 0.29) is 0 Å². The van der Waals surface area contributed by atoms with Gasteiger partial charge in [-0.3, -0.25) is 0 Å². The molecule has 0 bridgehead atoms. The van der Waals surface area contributed by atoms with Gasteiger partial charge in [0.25, 0.3) is 0 Å². The molecule has 0 aromatic heterocycles. The van der Waals surface area contributed by atoms with Crippen molar-refractivity contribution in [2.45, 2.75) is 11.5 Å². The largest absolute Gasteiger partial charge is 0.192 e. The Bertz CT molecular complexity index is 575. The van der Waals surface area contributed by atoms with Gasteiger partial charge in [-0.05, 0) is 35.4 Å². The van der Waals surface area contributed by atoms with Crippen LogP contribution in [-0.4, -0.2) is 0 Å². The summed E-state index contributed by atoms with van der Waals surface area (Å²) in [6.45, 7) is 0. The molecule has 0 amide bonds. The van der Waals surface area contributed by atoms with E-state index in [0.29, 0.717) is 11.1 Å². The molecule has 0 saturated carbocycles. The van der Waals surface area contributed by atoms with Gasteiger partial charge in [-0.25, -0.2) is 0 Å². The van der Waals surface area contributed by atoms with Crippen molar-refractivity contribution < 1.29 is 0 Å². The van der Waals surface area contributed by atoms with Gasteiger partial charge < -0.3 is 0 Å². The monoisotopic (exact) mass is 296 g/mol. The number of hydrogen-bond acceptors (Lipinski definition) is 4. The summed E-state index contributed by atoms with van der Waals surface area (Å²) in [5.41, 5.74) is 3.84. The van der Waals surface area contributed by atoms with Gasteiger partial charge in [0.15, 0.2) is 0 Å². The molecule has 0 aliphatic carbocycles. The van der Waals surface area contributed by atoms with Crippen LogP contribution in [0.4, 0.5) is 0 Å². The van der Waals surface area contributed by atoms with Gasteiger partial charge in [0.1, 0.15) is 0 Å². The zero-order valence-corrected chi connectivity index (χ0v) is 12.4. The van der Waals surface area contributed by atoms with E-state index in [1.165, 1.54) is 11.1 Å². The topological polar surface area (TPSA) is 47.6 Å². The minimum atomic E-state index is 0.698. The van der Waals surface area contributed by atoms with Gasteiger partial charge in [0.05, 0.1) is 23.3 Å². The van der Waals surface area contributed by atoms with Crippen LogP contribution >= 0.6 is 21.6 Å². The molecule has 0 atom stereocenters. The summed E-state index contributed by atoms with van der Waals surface area (Å²) in [4.78, 5) is 0. The third-order valence-corrected chi connectivity index (χ3v) is 4.98. The normalized spacial score (nSPS) is 9.70. The minimum Gasteiger partial charge on any atom is -0.192 e. The van der Waals surface area contributed by atoms with Crippen LogP contribution in [0.1, 0.15) is 22.3 Å². The van der Waals surface area contributed by atoms with Crippen molar-refractivity contribution in [3.05, 3.63) is 70.8 Å². The summed E-state index contributed by atoms with van der Waals surface area (Å²) in [5, 5.41) is 17.5. The van der Waals surface area contributed by atoms with Crippen LogP contribution < -0.4 is 0 Å². The number of nitrogens with zero attached hydrogens (tertiary/aromatic N) is 2. The first kappa shape index (κ1) is 14.5. The number of benzene rings is 2. The Morgan fingerprint density at radius 2 is 1.00 bits per heavy atom. The van der Waals surface area contributed by atoms with Crippen LogP contribution in [0, 0.1) is 22.7 Å². The Labute approximate surface area is 126 Å². The molecule has 0 aliphatic rings. The standard InChI is InChI=1S/C16H12N2S2/c17-9-13-1-5-15(6-2-13)11-19-20-12-16-7-3-14(10-18)4-8-16/h1-8H,11-12H2. The summed E-state index contributed by atoms with van der Waals surface area (Å²) in [7, 11) is 3.59. The highest BCUT2D eigenvalue weighted by atomic mass is 33.1. The predicted molar refractivity (Wildman–Crippen MR) is 84.9 cm³/mol. The van der Waals surface area contributed by atoms with Gasteiger partial charge in [0, 0.05) is 11.5 Å².